The molecule has 0 amide bonds. The summed E-state index contributed by atoms with van der Waals surface area (Å²) in [4.78, 5) is 8.43. The maximum absolute atomic E-state index is 5.45. The molecule has 0 atom stereocenters. The molecule has 0 spiro atoms. The first kappa shape index (κ1) is 16.0. The van der Waals surface area contributed by atoms with Gasteiger partial charge in [0.1, 0.15) is 0 Å². The fraction of sp³-hybridized carbons (Fsp3) is 0. The van der Waals surface area contributed by atoms with Crippen LogP contribution in [0, 0.1) is 7.14 Å². The number of benzene rings is 2. The van der Waals surface area contributed by atoms with Crippen LogP contribution in [0.25, 0.3) is 0 Å². The summed E-state index contributed by atoms with van der Waals surface area (Å²) >= 11 is 4.48. The summed E-state index contributed by atoms with van der Waals surface area (Å²) in [5.74, 6) is 0.301. The van der Waals surface area contributed by atoms with Crippen LogP contribution in [0.5, 0.6) is 0 Å². The zero-order valence-electron chi connectivity index (χ0n) is 10.9. The summed E-state index contributed by atoms with van der Waals surface area (Å²) in [7, 11) is 0. The third-order valence-corrected chi connectivity index (χ3v) is 3.84. The van der Waals surface area contributed by atoms with Crippen molar-refractivity contribution in [2.75, 3.05) is 5.32 Å². The fourth-order valence-corrected chi connectivity index (χ4v) is 2.22. The van der Waals surface area contributed by atoms with Gasteiger partial charge in [-0.25, -0.2) is 4.99 Å². The highest BCUT2D eigenvalue weighted by atomic mass is 127. The van der Waals surface area contributed by atoms with Gasteiger partial charge in [-0.05, 0) is 93.7 Å². The van der Waals surface area contributed by atoms with Crippen LogP contribution in [0.1, 0.15) is 0 Å². The minimum Gasteiger partial charge on any atom is -0.370 e. The van der Waals surface area contributed by atoms with Crippen LogP contribution in [0.2, 0.25) is 0 Å². The molecular formula is C14H13I2N5. The molecule has 5 N–H and O–H groups in total. The smallest absolute Gasteiger partial charge is 0.230 e. The van der Waals surface area contributed by atoms with Crippen molar-refractivity contribution in [3.8, 4) is 0 Å². The number of anilines is 1. The summed E-state index contributed by atoms with van der Waals surface area (Å²) in [5.41, 5.74) is 12.5. The van der Waals surface area contributed by atoms with E-state index in [4.69, 9.17) is 11.5 Å². The Kier molecular flexibility index (Phi) is 5.79. The third kappa shape index (κ3) is 5.50. The molecule has 2 rings (SSSR count). The fourth-order valence-electron chi connectivity index (χ4n) is 1.50. The molecule has 0 aliphatic carbocycles. The molecule has 2 aromatic rings. The Morgan fingerprint density at radius 2 is 1.38 bits per heavy atom. The van der Waals surface area contributed by atoms with Gasteiger partial charge in [-0.15, -0.1) is 0 Å². The number of hydrogen-bond donors (Lipinski definition) is 3. The van der Waals surface area contributed by atoms with E-state index in [1.54, 1.807) is 0 Å². The molecule has 0 saturated carbocycles. The van der Waals surface area contributed by atoms with Gasteiger partial charge in [0.15, 0.2) is 5.96 Å². The first-order valence-electron chi connectivity index (χ1n) is 5.99. The molecule has 0 aliphatic rings. The maximum atomic E-state index is 5.45. The third-order valence-electron chi connectivity index (χ3n) is 2.40. The van der Waals surface area contributed by atoms with E-state index in [-0.39, 0.29) is 5.96 Å². The van der Waals surface area contributed by atoms with E-state index in [0.29, 0.717) is 5.96 Å². The van der Waals surface area contributed by atoms with E-state index in [1.807, 2.05) is 48.5 Å². The molecule has 0 aromatic heterocycles. The average Bonchev–Trinajstić information content (AvgIpc) is 2.43. The van der Waals surface area contributed by atoms with Gasteiger partial charge >= 0.3 is 0 Å². The van der Waals surface area contributed by atoms with Gasteiger partial charge in [0, 0.05) is 12.8 Å². The van der Waals surface area contributed by atoms with Crippen molar-refractivity contribution < 1.29 is 0 Å². The van der Waals surface area contributed by atoms with Gasteiger partial charge in [0.05, 0.1) is 5.69 Å². The lowest BCUT2D eigenvalue weighted by Gasteiger charge is -2.06. The Balaban J connectivity index is 2.27. The van der Waals surface area contributed by atoms with E-state index in [9.17, 15) is 0 Å². The minimum atomic E-state index is -0.0442. The van der Waals surface area contributed by atoms with Crippen molar-refractivity contribution in [1.29, 1.82) is 0 Å². The second kappa shape index (κ2) is 7.59. The van der Waals surface area contributed by atoms with Crippen molar-refractivity contribution >= 4 is 68.5 Å². The SMILES string of the molecule is NC(N)=NC(=Nc1ccc(I)cc1)Nc1ccc(I)cc1. The molecule has 0 radical (unpaired) electrons. The lowest BCUT2D eigenvalue weighted by molar-refractivity contribution is 1.39. The number of nitrogens with zero attached hydrogens (tertiary/aromatic N) is 2. The van der Waals surface area contributed by atoms with Crippen LogP contribution >= 0.6 is 45.2 Å². The predicted molar refractivity (Wildman–Crippen MR) is 105 cm³/mol. The maximum Gasteiger partial charge on any atom is 0.230 e. The molecule has 2 aromatic carbocycles. The molecule has 108 valence electrons. The highest BCUT2D eigenvalue weighted by Gasteiger charge is 2.01. The molecule has 0 bridgehead atoms. The number of guanidine groups is 2. The zero-order chi connectivity index (χ0) is 15.2. The quantitative estimate of drug-likeness (QED) is 0.333. The second-order valence-corrected chi connectivity index (χ2v) is 6.57. The molecule has 0 aliphatic heterocycles. The summed E-state index contributed by atoms with van der Waals surface area (Å²) in [6.07, 6.45) is 0. The van der Waals surface area contributed by atoms with Gasteiger partial charge in [0.25, 0.3) is 0 Å². The Morgan fingerprint density at radius 1 is 0.857 bits per heavy atom. The summed E-state index contributed by atoms with van der Waals surface area (Å²) < 4.78 is 2.29. The van der Waals surface area contributed by atoms with Crippen LogP contribution in [-0.2, 0) is 0 Å². The molecular weight excluding hydrogens is 492 g/mol. The van der Waals surface area contributed by atoms with Crippen molar-refractivity contribution in [3.05, 3.63) is 55.7 Å². The molecule has 5 nitrogen and oxygen atoms in total. The zero-order valence-corrected chi connectivity index (χ0v) is 15.2. The summed E-state index contributed by atoms with van der Waals surface area (Å²) in [6, 6.07) is 15.6. The van der Waals surface area contributed by atoms with Crippen molar-refractivity contribution in [2.45, 2.75) is 0 Å². The van der Waals surface area contributed by atoms with Crippen LogP contribution < -0.4 is 16.8 Å². The number of halogens is 2. The molecule has 21 heavy (non-hydrogen) atoms. The Labute approximate surface area is 150 Å². The lowest BCUT2D eigenvalue weighted by Crippen LogP contribution is -2.26. The normalized spacial score (nSPS) is 11.0. The summed E-state index contributed by atoms with van der Waals surface area (Å²) in [6.45, 7) is 0. The van der Waals surface area contributed by atoms with Gasteiger partial charge in [-0.3, -0.25) is 0 Å². The highest BCUT2D eigenvalue weighted by molar-refractivity contribution is 14.1. The molecule has 0 unspecified atom stereocenters. The summed E-state index contributed by atoms with van der Waals surface area (Å²) in [5, 5.41) is 3.10. The average molecular weight is 505 g/mol. The topological polar surface area (TPSA) is 88.8 Å². The first-order valence-corrected chi connectivity index (χ1v) is 8.15. The van der Waals surface area contributed by atoms with Gasteiger partial charge in [-0.2, -0.15) is 4.99 Å². The van der Waals surface area contributed by atoms with Gasteiger partial charge in [0.2, 0.25) is 5.96 Å². The van der Waals surface area contributed by atoms with Crippen LogP contribution in [0.3, 0.4) is 0 Å². The lowest BCUT2D eigenvalue weighted by atomic mass is 10.3. The molecule has 0 fully saturated rings. The molecule has 0 saturated heterocycles. The van der Waals surface area contributed by atoms with Crippen LogP contribution in [-0.4, -0.2) is 11.9 Å². The van der Waals surface area contributed by atoms with Crippen LogP contribution in [0.4, 0.5) is 11.4 Å². The van der Waals surface area contributed by atoms with E-state index in [1.165, 1.54) is 0 Å². The van der Waals surface area contributed by atoms with Crippen LogP contribution in [0.15, 0.2) is 58.5 Å². The van der Waals surface area contributed by atoms with Crippen molar-refractivity contribution in [1.82, 2.24) is 0 Å². The minimum absolute atomic E-state index is 0.0442. The largest absolute Gasteiger partial charge is 0.370 e. The number of nitrogens with one attached hydrogen (secondary N) is 1. The Hall–Kier alpha value is -1.36. The number of aliphatic imine (C=N–C) groups is 2. The van der Waals surface area contributed by atoms with Gasteiger partial charge < -0.3 is 16.8 Å². The predicted octanol–water partition coefficient (Wildman–Crippen LogP) is 3.27. The standard InChI is InChI=1S/C14H13I2N5/c15-9-1-5-11(6-2-9)19-14(21-13(17)18)20-12-7-3-10(16)4-8-12/h1-8H,(H5,17,18,19,20,21). The van der Waals surface area contributed by atoms with Gasteiger partial charge in [-0.1, -0.05) is 0 Å². The van der Waals surface area contributed by atoms with E-state index < -0.39 is 0 Å². The number of hydrogen-bond acceptors (Lipinski definition) is 1. The monoisotopic (exact) mass is 505 g/mol. The number of nitrogens with two attached hydrogens (primary N) is 2. The second-order valence-electron chi connectivity index (χ2n) is 4.08. The number of rotatable bonds is 2. The van der Waals surface area contributed by atoms with Crippen molar-refractivity contribution in [3.63, 3.8) is 0 Å². The Bertz CT molecular complexity index is 659. The molecule has 0 heterocycles. The van der Waals surface area contributed by atoms with E-state index >= 15 is 0 Å². The Morgan fingerprint density at radius 3 is 1.90 bits per heavy atom. The van der Waals surface area contributed by atoms with E-state index in [0.717, 1.165) is 18.5 Å². The molecule has 7 heteroatoms. The van der Waals surface area contributed by atoms with Crippen molar-refractivity contribution in [2.24, 2.45) is 21.5 Å². The van der Waals surface area contributed by atoms with E-state index in [2.05, 4.69) is 60.5 Å². The highest BCUT2D eigenvalue weighted by Crippen LogP contribution is 2.16. The first-order chi connectivity index (χ1) is 10.0.